The molecule has 0 aromatic carbocycles. The molecule has 2 aliphatic heterocycles. The van der Waals surface area contributed by atoms with Crippen LogP contribution in [0, 0.1) is 11.3 Å². The molecule has 4 rings (SSSR count). The van der Waals surface area contributed by atoms with Crippen LogP contribution in [-0.4, -0.2) is 52.0 Å². The van der Waals surface area contributed by atoms with Crippen molar-refractivity contribution in [1.29, 1.82) is 5.41 Å². The van der Waals surface area contributed by atoms with Gasteiger partial charge in [0.1, 0.15) is 0 Å². The summed E-state index contributed by atoms with van der Waals surface area (Å²) in [5.41, 5.74) is 2.40. The molecule has 1 saturated carbocycles. The summed E-state index contributed by atoms with van der Waals surface area (Å²) in [7, 11) is 1.74. The maximum absolute atomic E-state index is 13.1. The Hall–Kier alpha value is -2.84. The molecule has 1 aromatic heterocycles. The van der Waals surface area contributed by atoms with E-state index in [0.29, 0.717) is 18.1 Å². The summed E-state index contributed by atoms with van der Waals surface area (Å²) in [4.78, 5) is 23.5. The van der Waals surface area contributed by atoms with E-state index in [0.717, 1.165) is 24.1 Å². The molecule has 160 valence electrons. The first-order valence-electron chi connectivity index (χ1n) is 10.3. The van der Waals surface area contributed by atoms with Crippen molar-refractivity contribution in [2.45, 2.75) is 56.5 Å². The summed E-state index contributed by atoms with van der Waals surface area (Å²) in [6.07, 6.45) is 8.96. The molecule has 1 aliphatic carbocycles. The third-order valence-corrected chi connectivity index (χ3v) is 6.02. The summed E-state index contributed by atoms with van der Waals surface area (Å²) in [5, 5.41) is 13.3. The largest absolute Gasteiger partial charge is 0.392 e. The fourth-order valence-electron chi connectivity index (χ4n) is 4.69. The highest BCUT2D eigenvalue weighted by Gasteiger charge is 2.47. The summed E-state index contributed by atoms with van der Waals surface area (Å²) in [5.74, 6) is -2.38. The van der Waals surface area contributed by atoms with Gasteiger partial charge in [0, 0.05) is 51.0 Å². The number of carbonyl (C=O) groups excluding carboxylic acids is 1. The van der Waals surface area contributed by atoms with E-state index in [-0.39, 0.29) is 43.2 Å². The highest BCUT2D eigenvalue weighted by Crippen LogP contribution is 2.45. The number of amides is 1. The van der Waals surface area contributed by atoms with Crippen molar-refractivity contribution in [3.8, 4) is 0 Å². The Balaban J connectivity index is 1.45. The van der Waals surface area contributed by atoms with Crippen LogP contribution in [0.2, 0.25) is 0 Å². The van der Waals surface area contributed by atoms with Crippen LogP contribution in [0.5, 0.6) is 0 Å². The molecule has 0 spiro atoms. The molecule has 30 heavy (non-hydrogen) atoms. The van der Waals surface area contributed by atoms with Crippen LogP contribution in [0.15, 0.2) is 30.2 Å². The van der Waals surface area contributed by atoms with Crippen molar-refractivity contribution in [2.24, 2.45) is 5.92 Å². The average Bonchev–Trinajstić information content (AvgIpc) is 2.96. The van der Waals surface area contributed by atoms with E-state index in [2.05, 4.69) is 26.7 Å². The lowest BCUT2D eigenvalue weighted by Gasteiger charge is -2.38. The number of hydrogen-bond donors (Lipinski definition) is 3. The molecule has 3 heterocycles. The predicted molar refractivity (Wildman–Crippen MR) is 110 cm³/mol. The van der Waals surface area contributed by atoms with Crippen LogP contribution < -0.4 is 10.6 Å². The summed E-state index contributed by atoms with van der Waals surface area (Å²) in [6.45, 7) is 0. The van der Waals surface area contributed by atoms with Crippen LogP contribution in [0.3, 0.4) is 0 Å². The zero-order valence-electron chi connectivity index (χ0n) is 16.9. The van der Waals surface area contributed by atoms with E-state index in [1.54, 1.807) is 19.4 Å². The molecule has 1 aromatic rings. The van der Waals surface area contributed by atoms with Crippen LogP contribution in [0.4, 0.5) is 14.7 Å². The molecule has 3 N–H and O–H groups in total. The second-order valence-corrected chi connectivity index (χ2v) is 8.25. The minimum Gasteiger partial charge on any atom is -0.392 e. The normalized spacial score (nSPS) is 25.4. The number of rotatable bonds is 7. The smallest absolute Gasteiger partial charge is 0.248 e. The van der Waals surface area contributed by atoms with Gasteiger partial charge in [0.2, 0.25) is 17.8 Å². The molecule has 0 radical (unpaired) electrons. The maximum atomic E-state index is 13.1. The van der Waals surface area contributed by atoms with Gasteiger partial charge in [-0.1, -0.05) is 6.08 Å². The monoisotopic (exact) mass is 416 g/mol. The van der Waals surface area contributed by atoms with Crippen molar-refractivity contribution in [3.63, 3.8) is 0 Å². The average molecular weight is 416 g/mol. The molecule has 7 nitrogen and oxygen atoms in total. The van der Waals surface area contributed by atoms with Gasteiger partial charge in [-0.05, 0) is 36.8 Å². The standard InChI is InChI=1S/C21H26F2N6O/c1-25-12-15(11-24)27-20-26-5-4-18(28-20)14-7-16-2-3-17(8-14)29(16)19(30)6-13-9-21(22,23)10-13/h4-5,7,11-13,16-17,24-25H,2-3,6,8-10H2,1H3,(H,26,27,28)/b15-12+,24-11?. The molecule has 9 heteroatoms. The summed E-state index contributed by atoms with van der Waals surface area (Å²) in [6, 6.07) is 1.94. The van der Waals surface area contributed by atoms with Gasteiger partial charge >= 0.3 is 0 Å². The van der Waals surface area contributed by atoms with Gasteiger partial charge in [0.15, 0.2) is 0 Å². The van der Waals surface area contributed by atoms with Gasteiger partial charge in [-0.25, -0.2) is 18.7 Å². The minimum absolute atomic E-state index is 0.000431. The molecule has 3 aliphatic rings. The Morgan fingerprint density at radius 1 is 1.40 bits per heavy atom. The summed E-state index contributed by atoms with van der Waals surface area (Å²) >= 11 is 0. The second-order valence-electron chi connectivity index (χ2n) is 8.25. The highest BCUT2D eigenvalue weighted by atomic mass is 19.3. The number of fused-ring (bicyclic) bond motifs is 2. The molecule has 2 atom stereocenters. The fourth-order valence-corrected chi connectivity index (χ4v) is 4.69. The molecule has 2 fully saturated rings. The van der Waals surface area contributed by atoms with E-state index in [1.165, 1.54) is 6.21 Å². The zero-order chi connectivity index (χ0) is 21.3. The molecule has 1 amide bonds. The van der Waals surface area contributed by atoms with Gasteiger partial charge in [-0.2, -0.15) is 0 Å². The first kappa shape index (κ1) is 20.4. The van der Waals surface area contributed by atoms with Crippen LogP contribution >= 0.6 is 0 Å². The highest BCUT2D eigenvalue weighted by molar-refractivity contribution is 5.81. The summed E-state index contributed by atoms with van der Waals surface area (Å²) < 4.78 is 26.2. The fraction of sp³-hybridized carbons (Fsp3) is 0.524. The Labute approximate surface area is 174 Å². The van der Waals surface area contributed by atoms with Crippen LogP contribution in [0.25, 0.3) is 5.57 Å². The number of nitrogens with one attached hydrogen (secondary N) is 3. The van der Waals surface area contributed by atoms with Crippen molar-refractivity contribution < 1.29 is 13.6 Å². The number of hydrogen-bond acceptors (Lipinski definition) is 6. The molecule has 1 saturated heterocycles. The predicted octanol–water partition coefficient (Wildman–Crippen LogP) is 3.18. The number of halogens is 2. The number of nitrogens with zero attached hydrogens (tertiary/aromatic N) is 3. The van der Waals surface area contributed by atoms with E-state index in [1.807, 2.05) is 11.0 Å². The van der Waals surface area contributed by atoms with E-state index in [4.69, 9.17) is 5.41 Å². The van der Waals surface area contributed by atoms with Crippen molar-refractivity contribution in [1.82, 2.24) is 20.2 Å². The van der Waals surface area contributed by atoms with Gasteiger partial charge in [-0.3, -0.25) is 4.79 Å². The quantitative estimate of drug-likeness (QED) is 0.594. The zero-order valence-corrected chi connectivity index (χ0v) is 16.9. The molecular formula is C21H26F2N6O. The Morgan fingerprint density at radius 3 is 2.87 bits per heavy atom. The first-order valence-corrected chi connectivity index (χ1v) is 10.3. The number of allylic oxidation sites excluding steroid dienone is 1. The Morgan fingerprint density at radius 2 is 2.20 bits per heavy atom. The third-order valence-electron chi connectivity index (χ3n) is 6.02. The van der Waals surface area contributed by atoms with Crippen molar-refractivity contribution in [2.75, 3.05) is 12.4 Å². The Bertz CT molecular complexity index is 891. The lowest BCUT2D eigenvalue weighted by molar-refractivity contribution is -0.143. The number of alkyl halides is 2. The van der Waals surface area contributed by atoms with Crippen molar-refractivity contribution >= 4 is 23.6 Å². The van der Waals surface area contributed by atoms with E-state index < -0.39 is 5.92 Å². The van der Waals surface area contributed by atoms with E-state index >= 15 is 0 Å². The lowest BCUT2D eigenvalue weighted by atomic mass is 9.79. The molecule has 2 bridgehead atoms. The Kier molecular flexibility index (Phi) is 5.53. The van der Waals surface area contributed by atoms with Gasteiger partial charge < -0.3 is 20.9 Å². The van der Waals surface area contributed by atoms with Crippen LogP contribution in [0.1, 0.15) is 44.2 Å². The number of anilines is 1. The lowest BCUT2D eigenvalue weighted by Crippen LogP contribution is -2.45. The number of aromatic nitrogens is 2. The minimum atomic E-state index is -2.59. The SMILES string of the molecule is CN/C=C(\C=N)Nc1nccc(C2=CC3CCC(C2)N3C(=O)CC2CC(F)(F)C2)n1. The van der Waals surface area contributed by atoms with Crippen LogP contribution in [-0.2, 0) is 4.79 Å². The van der Waals surface area contributed by atoms with E-state index in [9.17, 15) is 13.6 Å². The topological polar surface area (TPSA) is 94.0 Å². The second kappa shape index (κ2) is 8.12. The van der Waals surface area contributed by atoms with Crippen molar-refractivity contribution in [3.05, 3.63) is 35.9 Å². The molecular weight excluding hydrogens is 390 g/mol. The van der Waals surface area contributed by atoms with Gasteiger partial charge in [0.25, 0.3) is 0 Å². The first-order chi connectivity index (χ1) is 14.4. The number of carbonyl (C=O) groups is 1. The van der Waals surface area contributed by atoms with Gasteiger partial charge in [-0.15, -0.1) is 0 Å². The third kappa shape index (κ3) is 4.20. The maximum Gasteiger partial charge on any atom is 0.248 e. The van der Waals surface area contributed by atoms with Gasteiger partial charge in [0.05, 0.1) is 17.4 Å². The molecule has 2 unspecified atom stereocenters.